The average molecular weight is 538 g/mol. The van der Waals surface area contributed by atoms with Crippen molar-refractivity contribution in [3.63, 3.8) is 0 Å². The molecule has 1 heterocycles. The molecular weight excluding hydrogens is 498 g/mol. The lowest BCUT2D eigenvalue weighted by molar-refractivity contribution is -0.00518. The standard InChI is InChI=1S/C31H39N3OS.ClH/c1-5-34(4)11-10-26-12-21(3)28(13-20(26)2)35-30-32-29(33-36-30)25-6-8-27(9-7-25)31-17-22-14-23(18-31)16-24(15-22)19-31;/h6-9,12-13,22-24H,5,10-11,14-19H2,1-4H3;1H. The first-order chi connectivity index (χ1) is 17.4. The van der Waals surface area contributed by atoms with Crippen molar-refractivity contribution in [3.8, 4) is 22.3 Å². The number of rotatable bonds is 8. The van der Waals surface area contributed by atoms with Gasteiger partial charge in [0.25, 0.3) is 5.19 Å². The Balaban J connectivity index is 0.00000280. The Kier molecular flexibility index (Phi) is 7.68. The van der Waals surface area contributed by atoms with Crippen LogP contribution >= 0.6 is 23.9 Å². The van der Waals surface area contributed by atoms with Crippen molar-refractivity contribution in [2.75, 3.05) is 20.1 Å². The average Bonchev–Trinajstić information content (AvgIpc) is 3.33. The number of halogens is 1. The van der Waals surface area contributed by atoms with Gasteiger partial charge in [0.15, 0.2) is 5.82 Å². The Labute approximate surface area is 232 Å². The molecule has 37 heavy (non-hydrogen) atoms. The number of hydrogen-bond acceptors (Lipinski definition) is 5. The van der Waals surface area contributed by atoms with E-state index in [1.54, 1.807) is 5.56 Å². The van der Waals surface area contributed by atoms with Gasteiger partial charge in [-0.2, -0.15) is 9.36 Å². The monoisotopic (exact) mass is 537 g/mol. The molecule has 7 rings (SSSR count). The van der Waals surface area contributed by atoms with Crippen molar-refractivity contribution in [2.24, 2.45) is 17.8 Å². The van der Waals surface area contributed by atoms with Gasteiger partial charge in [-0.05, 0) is 124 Å². The van der Waals surface area contributed by atoms with E-state index in [-0.39, 0.29) is 12.4 Å². The molecule has 0 saturated heterocycles. The minimum Gasteiger partial charge on any atom is -0.430 e. The third-order valence-corrected chi connectivity index (χ3v) is 9.93. The van der Waals surface area contributed by atoms with Crippen LogP contribution in [0.2, 0.25) is 0 Å². The fraction of sp³-hybridized carbons (Fsp3) is 0.548. The Hall–Kier alpha value is -1.95. The van der Waals surface area contributed by atoms with Crippen LogP contribution in [0.5, 0.6) is 10.9 Å². The van der Waals surface area contributed by atoms with E-state index in [0.717, 1.165) is 60.0 Å². The summed E-state index contributed by atoms with van der Waals surface area (Å²) >= 11 is 1.34. The lowest BCUT2D eigenvalue weighted by Crippen LogP contribution is -2.48. The van der Waals surface area contributed by atoms with Gasteiger partial charge in [-0.3, -0.25) is 0 Å². The SMILES string of the molecule is CCN(C)CCc1cc(C)c(Oc2nc(-c3ccc(C45CC6CC(CC(C6)C4)C5)cc3)ns2)cc1C.Cl. The number of likely N-dealkylation sites (N-methyl/N-ethyl adjacent to an activating group) is 1. The molecule has 4 fully saturated rings. The summed E-state index contributed by atoms with van der Waals surface area (Å²) in [5.41, 5.74) is 6.87. The van der Waals surface area contributed by atoms with Crippen molar-refractivity contribution in [1.29, 1.82) is 0 Å². The molecule has 4 aliphatic carbocycles. The Bertz CT molecular complexity index is 1200. The first kappa shape index (κ1) is 26.6. The zero-order valence-electron chi connectivity index (χ0n) is 22.6. The number of benzene rings is 2. The van der Waals surface area contributed by atoms with Crippen LogP contribution in [0.25, 0.3) is 11.4 Å². The van der Waals surface area contributed by atoms with Crippen LogP contribution < -0.4 is 4.74 Å². The summed E-state index contributed by atoms with van der Waals surface area (Å²) in [5, 5.41) is 0.608. The highest BCUT2D eigenvalue weighted by Gasteiger charge is 2.51. The zero-order valence-corrected chi connectivity index (χ0v) is 24.3. The van der Waals surface area contributed by atoms with Gasteiger partial charge in [0.1, 0.15) is 5.75 Å². The molecule has 6 heteroatoms. The molecular formula is C31H40ClN3OS. The predicted octanol–water partition coefficient (Wildman–Crippen LogP) is 8.00. The van der Waals surface area contributed by atoms with E-state index in [2.05, 4.69) is 73.5 Å². The van der Waals surface area contributed by atoms with E-state index in [1.807, 2.05) is 0 Å². The van der Waals surface area contributed by atoms with Crippen LogP contribution in [0.1, 0.15) is 67.7 Å². The van der Waals surface area contributed by atoms with Crippen LogP contribution in [0.15, 0.2) is 36.4 Å². The molecule has 4 nitrogen and oxygen atoms in total. The number of nitrogens with zero attached hydrogens (tertiary/aromatic N) is 3. The van der Waals surface area contributed by atoms with E-state index in [9.17, 15) is 0 Å². The second-order valence-corrected chi connectivity index (χ2v) is 12.7. The molecule has 0 aliphatic heterocycles. The van der Waals surface area contributed by atoms with Crippen molar-refractivity contribution >= 4 is 23.9 Å². The molecule has 2 aromatic carbocycles. The lowest BCUT2D eigenvalue weighted by atomic mass is 9.48. The largest absolute Gasteiger partial charge is 0.430 e. The van der Waals surface area contributed by atoms with Gasteiger partial charge in [-0.25, -0.2) is 0 Å². The molecule has 0 N–H and O–H groups in total. The van der Waals surface area contributed by atoms with Gasteiger partial charge in [-0.15, -0.1) is 12.4 Å². The molecule has 4 aliphatic rings. The van der Waals surface area contributed by atoms with Gasteiger partial charge in [0.05, 0.1) is 0 Å². The van der Waals surface area contributed by atoms with E-state index in [0.29, 0.717) is 10.6 Å². The van der Waals surface area contributed by atoms with Crippen LogP contribution in [0.4, 0.5) is 0 Å². The van der Waals surface area contributed by atoms with Gasteiger partial charge in [-0.1, -0.05) is 37.3 Å². The molecule has 0 radical (unpaired) electrons. The molecule has 4 saturated carbocycles. The van der Waals surface area contributed by atoms with Gasteiger partial charge < -0.3 is 9.64 Å². The van der Waals surface area contributed by atoms with Crippen molar-refractivity contribution in [2.45, 2.75) is 71.1 Å². The number of aryl methyl sites for hydroxylation is 2. The van der Waals surface area contributed by atoms with Crippen molar-refractivity contribution < 1.29 is 4.74 Å². The van der Waals surface area contributed by atoms with E-state index in [4.69, 9.17) is 9.72 Å². The summed E-state index contributed by atoms with van der Waals surface area (Å²) in [6.45, 7) is 8.63. The minimum atomic E-state index is 0. The highest BCUT2D eigenvalue weighted by atomic mass is 35.5. The van der Waals surface area contributed by atoms with Crippen LogP contribution in [-0.4, -0.2) is 34.4 Å². The molecule has 3 aromatic rings. The Morgan fingerprint density at radius 1 is 0.973 bits per heavy atom. The maximum absolute atomic E-state index is 6.22. The molecule has 1 aromatic heterocycles. The molecule has 0 spiro atoms. The molecule has 0 unspecified atom stereocenters. The maximum atomic E-state index is 6.22. The maximum Gasteiger partial charge on any atom is 0.299 e. The van der Waals surface area contributed by atoms with Crippen molar-refractivity contribution in [1.82, 2.24) is 14.3 Å². The molecule has 198 valence electrons. The lowest BCUT2D eigenvalue weighted by Gasteiger charge is -2.57. The number of ether oxygens (including phenoxy) is 1. The zero-order chi connectivity index (χ0) is 24.9. The molecule has 0 atom stereocenters. The summed E-state index contributed by atoms with van der Waals surface area (Å²) in [5.74, 6) is 4.54. The summed E-state index contributed by atoms with van der Waals surface area (Å²) in [4.78, 5) is 7.08. The second-order valence-electron chi connectivity index (χ2n) is 12.0. The highest BCUT2D eigenvalue weighted by molar-refractivity contribution is 7.07. The van der Waals surface area contributed by atoms with E-state index < -0.39 is 0 Å². The third kappa shape index (κ3) is 5.32. The summed E-state index contributed by atoms with van der Waals surface area (Å²) in [6.07, 6.45) is 9.72. The molecule has 4 bridgehead atoms. The topological polar surface area (TPSA) is 38.2 Å². The fourth-order valence-corrected chi connectivity index (χ4v) is 8.16. The first-order valence-corrected chi connectivity index (χ1v) is 14.6. The third-order valence-electron chi connectivity index (χ3n) is 9.33. The van der Waals surface area contributed by atoms with Crippen LogP contribution in [0, 0.1) is 31.6 Å². The van der Waals surface area contributed by atoms with Gasteiger partial charge in [0.2, 0.25) is 0 Å². The summed E-state index contributed by atoms with van der Waals surface area (Å²) in [6, 6.07) is 13.6. The first-order valence-electron chi connectivity index (χ1n) is 13.8. The predicted molar refractivity (Wildman–Crippen MR) is 155 cm³/mol. The molecule has 0 amide bonds. The quantitative estimate of drug-likeness (QED) is 0.292. The fourth-order valence-electron chi connectivity index (χ4n) is 7.60. The summed E-state index contributed by atoms with van der Waals surface area (Å²) in [7, 11) is 2.17. The minimum absolute atomic E-state index is 0. The Morgan fingerprint density at radius 2 is 1.62 bits per heavy atom. The van der Waals surface area contributed by atoms with Crippen LogP contribution in [-0.2, 0) is 11.8 Å². The van der Waals surface area contributed by atoms with Crippen LogP contribution in [0.3, 0.4) is 0 Å². The number of aromatic nitrogens is 2. The van der Waals surface area contributed by atoms with Gasteiger partial charge >= 0.3 is 0 Å². The number of hydrogen-bond donors (Lipinski definition) is 0. The van der Waals surface area contributed by atoms with Gasteiger partial charge in [0, 0.05) is 23.6 Å². The van der Waals surface area contributed by atoms with Crippen molar-refractivity contribution in [3.05, 3.63) is 58.7 Å². The summed E-state index contributed by atoms with van der Waals surface area (Å²) < 4.78 is 10.8. The second kappa shape index (κ2) is 10.7. The van der Waals surface area contributed by atoms with E-state index >= 15 is 0 Å². The normalized spacial score (nSPS) is 25.9. The highest BCUT2D eigenvalue weighted by Crippen LogP contribution is 2.60. The Morgan fingerprint density at radius 3 is 2.24 bits per heavy atom. The smallest absolute Gasteiger partial charge is 0.299 e. The van der Waals surface area contributed by atoms with E-state index in [1.165, 1.54) is 61.2 Å².